The third-order valence-electron chi connectivity index (χ3n) is 2.84. The molecule has 1 aliphatic rings. The first-order chi connectivity index (χ1) is 8.49. The van der Waals surface area contributed by atoms with Crippen molar-refractivity contribution in [1.29, 1.82) is 0 Å². The molecule has 1 amide bonds. The van der Waals surface area contributed by atoms with Crippen molar-refractivity contribution in [3.63, 3.8) is 0 Å². The molecular weight excluding hydrogens is 351 g/mol. The van der Waals surface area contributed by atoms with Gasteiger partial charge in [-0.15, -0.1) is 0 Å². The molecular formula is C11H11IN2O4. The van der Waals surface area contributed by atoms with Crippen molar-refractivity contribution in [3.05, 3.63) is 37.4 Å². The Balaban J connectivity index is 2.29. The topological polar surface area (TPSA) is 83.7 Å². The molecule has 0 aliphatic carbocycles. The Morgan fingerprint density at radius 1 is 1.56 bits per heavy atom. The van der Waals surface area contributed by atoms with Gasteiger partial charge in [0.15, 0.2) is 0 Å². The maximum Gasteiger partial charge on any atom is 0.270 e. The summed E-state index contributed by atoms with van der Waals surface area (Å²) in [6.07, 6.45) is 0.0577. The number of β-amino-alcohol motifs (C(OH)–C–C–N with tert-alkyl or cyclic N) is 1. The fourth-order valence-electron chi connectivity index (χ4n) is 1.89. The number of halogens is 1. The predicted octanol–water partition coefficient (Wildman–Crippen LogP) is 1.41. The van der Waals surface area contributed by atoms with Gasteiger partial charge in [0.2, 0.25) is 0 Å². The van der Waals surface area contributed by atoms with Crippen LogP contribution in [0.5, 0.6) is 0 Å². The van der Waals surface area contributed by atoms with Crippen molar-refractivity contribution in [2.45, 2.75) is 12.5 Å². The number of likely N-dealkylation sites (tertiary alicyclic amines) is 1. The van der Waals surface area contributed by atoms with Crippen LogP contribution in [0.4, 0.5) is 5.69 Å². The van der Waals surface area contributed by atoms with E-state index in [2.05, 4.69) is 0 Å². The fraction of sp³-hybridized carbons (Fsp3) is 0.364. The number of aliphatic hydroxyl groups is 1. The summed E-state index contributed by atoms with van der Waals surface area (Å²) in [5.74, 6) is -0.264. The Morgan fingerprint density at radius 2 is 2.28 bits per heavy atom. The summed E-state index contributed by atoms with van der Waals surface area (Å²) >= 11 is 1.97. The summed E-state index contributed by atoms with van der Waals surface area (Å²) in [6, 6.07) is 4.21. The number of aliphatic hydroxyl groups excluding tert-OH is 1. The molecule has 1 heterocycles. The van der Waals surface area contributed by atoms with Crippen LogP contribution in [0.15, 0.2) is 18.2 Å². The Labute approximate surface area is 117 Å². The molecule has 1 atom stereocenters. The SMILES string of the molecule is O=C(c1cc([N+](=O)[O-])ccc1I)N1CC[C@H](O)C1. The zero-order valence-corrected chi connectivity index (χ0v) is 11.5. The monoisotopic (exact) mass is 362 g/mol. The average Bonchev–Trinajstić information content (AvgIpc) is 2.75. The predicted molar refractivity (Wildman–Crippen MR) is 72.3 cm³/mol. The number of carbonyl (C=O) groups excluding carboxylic acids is 1. The van der Waals surface area contributed by atoms with Crippen LogP contribution >= 0.6 is 22.6 Å². The van der Waals surface area contributed by atoms with E-state index >= 15 is 0 Å². The van der Waals surface area contributed by atoms with Crippen LogP contribution in [-0.2, 0) is 0 Å². The normalized spacial score (nSPS) is 19.0. The molecule has 18 heavy (non-hydrogen) atoms. The van der Waals surface area contributed by atoms with Crippen LogP contribution in [0.1, 0.15) is 16.8 Å². The van der Waals surface area contributed by atoms with Crippen molar-refractivity contribution in [3.8, 4) is 0 Å². The molecule has 96 valence electrons. The number of non-ortho nitro benzene ring substituents is 1. The van der Waals surface area contributed by atoms with Gasteiger partial charge in [0.25, 0.3) is 11.6 Å². The van der Waals surface area contributed by atoms with Gasteiger partial charge in [0.05, 0.1) is 16.6 Å². The highest BCUT2D eigenvalue weighted by atomic mass is 127. The molecule has 1 fully saturated rings. The summed E-state index contributed by atoms with van der Waals surface area (Å²) < 4.78 is 0.671. The molecule has 7 heteroatoms. The first-order valence-electron chi connectivity index (χ1n) is 5.40. The van der Waals surface area contributed by atoms with E-state index in [9.17, 15) is 20.0 Å². The Morgan fingerprint density at radius 3 is 2.83 bits per heavy atom. The highest BCUT2D eigenvalue weighted by Crippen LogP contribution is 2.22. The number of rotatable bonds is 2. The van der Waals surface area contributed by atoms with E-state index in [0.29, 0.717) is 22.1 Å². The second-order valence-corrected chi connectivity index (χ2v) is 5.28. The molecule has 1 aromatic carbocycles. The first kappa shape index (κ1) is 13.2. The molecule has 0 saturated carbocycles. The number of benzene rings is 1. The van der Waals surface area contributed by atoms with Gasteiger partial charge < -0.3 is 10.0 Å². The van der Waals surface area contributed by atoms with E-state index in [4.69, 9.17) is 0 Å². The third-order valence-corrected chi connectivity index (χ3v) is 3.78. The fourth-order valence-corrected chi connectivity index (χ4v) is 2.45. The summed E-state index contributed by atoms with van der Waals surface area (Å²) in [4.78, 5) is 23.9. The van der Waals surface area contributed by atoms with Gasteiger partial charge in [-0.1, -0.05) is 0 Å². The van der Waals surface area contributed by atoms with Gasteiger partial charge in [-0.25, -0.2) is 0 Å². The summed E-state index contributed by atoms with van der Waals surface area (Å²) in [7, 11) is 0. The van der Waals surface area contributed by atoms with Gasteiger partial charge in [-0.2, -0.15) is 0 Å². The number of amides is 1. The lowest BCUT2D eigenvalue weighted by molar-refractivity contribution is -0.384. The molecule has 1 aliphatic heterocycles. The minimum Gasteiger partial charge on any atom is -0.391 e. The van der Waals surface area contributed by atoms with Gasteiger partial charge in [0.1, 0.15) is 0 Å². The Bertz CT molecular complexity index is 506. The minimum atomic E-state index is -0.522. The van der Waals surface area contributed by atoms with Crippen LogP contribution in [0.3, 0.4) is 0 Å². The zero-order chi connectivity index (χ0) is 13.3. The average molecular weight is 362 g/mol. The first-order valence-corrected chi connectivity index (χ1v) is 6.48. The van der Waals surface area contributed by atoms with E-state index in [-0.39, 0.29) is 18.1 Å². The van der Waals surface area contributed by atoms with Crippen molar-refractivity contribution in [2.75, 3.05) is 13.1 Å². The summed E-state index contributed by atoms with van der Waals surface area (Å²) in [5.41, 5.74) is 0.220. The molecule has 0 spiro atoms. The molecule has 0 bridgehead atoms. The van der Waals surface area contributed by atoms with Gasteiger partial charge in [0, 0.05) is 28.8 Å². The van der Waals surface area contributed by atoms with Gasteiger partial charge in [-0.05, 0) is 35.1 Å². The quantitative estimate of drug-likeness (QED) is 0.490. The zero-order valence-electron chi connectivity index (χ0n) is 9.38. The number of hydrogen-bond donors (Lipinski definition) is 1. The van der Waals surface area contributed by atoms with E-state index in [1.165, 1.54) is 17.0 Å². The number of hydrogen-bond acceptors (Lipinski definition) is 4. The molecule has 1 aromatic rings. The van der Waals surface area contributed by atoms with Gasteiger partial charge >= 0.3 is 0 Å². The maximum atomic E-state index is 12.2. The standard InChI is InChI=1S/C11H11IN2O4/c12-10-2-1-7(14(17)18)5-9(10)11(16)13-4-3-8(15)6-13/h1-2,5,8,15H,3-4,6H2/t8-/m0/s1. The highest BCUT2D eigenvalue weighted by molar-refractivity contribution is 14.1. The van der Waals surface area contributed by atoms with Crippen molar-refractivity contribution < 1.29 is 14.8 Å². The van der Waals surface area contributed by atoms with Crippen molar-refractivity contribution in [2.24, 2.45) is 0 Å². The Hall–Kier alpha value is -1.22. The van der Waals surface area contributed by atoms with Crippen LogP contribution in [0.2, 0.25) is 0 Å². The van der Waals surface area contributed by atoms with E-state index in [0.717, 1.165) is 0 Å². The summed E-state index contributed by atoms with van der Waals surface area (Å²) in [6.45, 7) is 0.774. The molecule has 1 saturated heterocycles. The van der Waals surface area contributed by atoms with E-state index < -0.39 is 11.0 Å². The second kappa shape index (κ2) is 5.19. The lowest BCUT2D eigenvalue weighted by atomic mass is 10.2. The number of nitro benzene ring substituents is 1. The number of nitro groups is 1. The lowest BCUT2D eigenvalue weighted by Crippen LogP contribution is -2.30. The van der Waals surface area contributed by atoms with E-state index in [1.54, 1.807) is 6.07 Å². The molecule has 6 nitrogen and oxygen atoms in total. The maximum absolute atomic E-state index is 12.2. The lowest BCUT2D eigenvalue weighted by Gasteiger charge is -2.16. The molecule has 0 aromatic heterocycles. The van der Waals surface area contributed by atoms with Crippen LogP contribution in [0, 0.1) is 13.7 Å². The summed E-state index contributed by atoms with van der Waals surface area (Å²) in [5, 5.41) is 20.1. The minimum absolute atomic E-state index is 0.0986. The number of nitrogens with zero attached hydrogens (tertiary/aromatic N) is 2. The van der Waals surface area contributed by atoms with Crippen molar-refractivity contribution >= 4 is 34.2 Å². The second-order valence-electron chi connectivity index (χ2n) is 4.11. The Kier molecular flexibility index (Phi) is 3.81. The van der Waals surface area contributed by atoms with E-state index in [1.807, 2.05) is 22.6 Å². The smallest absolute Gasteiger partial charge is 0.270 e. The largest absolute Gasteiger partial charge is 0.391 e. The van der Waals surface area contributed by atoms with Crippen LogP contribution in [-0.4, -0.2) is 40.0 Å². The highest BCUT2D eigenvalue weighted by Gasteiger charge is 2.27. The van der Waals surface area contributed by atoms with Crippen LogP contribution in [0.25, 0.3) is 0 Å². The molecule has 0 unspecified atom stereocenters. The number of carbonyl (C=O) groups is 1. The molecule has 1 N–H and O–H groups in total. The molecule has 2 rings (SSSR count). The van der Waals surface area contributed by atoms with Crippen LogP contribution < -0.4 is 0 Å². The van der Waals surface area contributed by atoms with Crippen molar-refractivity contribution in [1.82, 2.24) is 4.90 Å². The third kappa shape index (κ3) is 2.61. The molecule has 0 radical (unpaired) electrons. The van der Waals surface area contributed by atoms with Gasteiger partial charge in [-0.3, -0.25) is 14.9 Å².